The van der Waals surface area contributed by atoms with E-state index in [4.69, 9.17) is 10.7 Å². The summed E-state index contributed by atoms with van der Waals surface area (Å²) in [6.45, 7) is 6.93. The van der Waals surface area contributed by atoms with Gasteiger partial charge in [-0.2, -0.15) is 0 Å². The maximum Gasteiger partial charge on any atom is 0.0945 e. The van der Waals surface area contributed by atoms with Crippen LogP contribution in [-0.2, 0) is 25.3 Å². The summed E-state index contributed by atoms with van der Waals surface area (Å²) in [6.07, 6.45) is 17.2. The molecule has 5 nitrogen and oxygen atoms in total. The Morgan fingerprint density at radius 3 is 2.54 bits per heavy atom. The highest BCUT2D eigenvalue weighted by atomic mass is 15.0. The lowest BCUT2D eigenvalue weighted by atomic mass is 9.64. The molecule has 0 saturated heterocycles. The molecule has 0 amide bonds. The summed E-state index contributed by atoms with van der Waals surface area (Å²) in [5, 5.41) is 1.26. The maximum absolute atomic E-state index is 5.40. The molecule has 1 atom stereocenters. The first kappa shape index (κ1) is 26.9. The molecular formula is C34H41N5. The van der Waals surface area contributed by atoms with Crippen molar-refractivity contribution in [3.05, 3.63) is 101 Å². The third kappa shape index (κ3) is 5.27. The molecule has 0 aliphatic heterocycles. The molecular weight excluding hydrogens is 478 g/mol. The van der Waals surface area contributed by atoms with Crippen LogP contribution in [0.4, 0.5) is 5.69 Å². The van der Waals surface area contributed by atoms with Crippen LogP contribution >= 0.6 is 0 Å². The number of pyridine rings is 1. The summed E-state index contributed by atoms with van der Waals surface area (Å²) in [4.78, 5) is 14.1. The van der Waals surface area contributed by atoms with Gasteiger partial charge >= 0.3 is 0 Å². The number of aliphatic imine (C=N–C) groups is 1. The SMILES string of the molecule is CCc1nc2ccc(C(C)(c3cncn3C)C3CCCCC3)cc2c(C)c1Cc1ccc(N=CC=CN)cc1. The molecule has 202 valence electrons. The highest BCUT2D eigenvalue weighted by Crippen LogP contribution is 2.46. The van der Waals surface area contributed by atoms with Crippen molar-refractivity contribution in [2.75, 3.05) is 0 Å². The van der Waals surface area contributed by atoms with Gasteiger partial charge in [-0.1, -0.05) is 44.4 Å². The number of aromatic nitrogens is 3. The molecule has 2 heterocycles. The van der Waals surface area contributed by atoms with Crippen molar-refractivity contribution in [3.63, 3.8) is 0 Å². The second-order valence-electron chi connectivity index (χ2n) is 11.2. The van der Waals surface area contributed by atoms with Gasteiger partial charge in [0.15, 0.2) is 0 Å². The molecule has 4 aromatic rings. The van der Waals surface area contributed by atoms with Gasteiger partial charge in [-0.15, -0.1) is 0 Å². The fourth-order valence-corrected chi connectivity index (χ4v) is 6.59. The molecule has 1 fully saturated rings. The summed E-state index contributed by atoms with van der Waals surface area (Å²) in [6, 6.07) is 15.5. The molecule has 39 heavy (non-hydrogen) atoms. The zero-order valence-corrected chi connectivity index (χ0v) is 23.8. The zero-order chi connectivity index (χ0) is 27.4. The number of allylic oxidation sites excluding steroid dienone is 1. The summed E-state index contributed by atoms with van der Waals surface area (Å²) in [5.74, 6) is 0.600. The normalized spacial score (nSPS) is 16.4. The number of imidazole rings is 1. The van der Waals surface area contributed by atoms with Crippen molar-refractivity contribution in [2.45, 2.75) is 71.1 Å². The number of rotatable bonds is 8. The molecule has 1 aliphatic rings. The smallest absolute Gasteiger partial charge is 0.0945 e. The fourth-order valence-electron chi connectivity index (χ4n) is 6.59. The minimum absolute atomic E-state index is 0.0919. The Bertz CT molecular complexity index is 1490. The number of fused-ring (bicyclic) bond motifs is 1. The number of hydrogen-bond acceptors (Lipinski definition) is 4. The predicted molar refractivity (Wildman–Crippen MR) is 163 cm³/mol. The quantitative estimate of drug-likeness (QED) is 0.245. The van der Waals surface area contributed by atoms with E-state index in [0.29, 0.717) is 5.92 Å². The van der Waals surface area contributed by atoms with Crippen LogP contribution in [0.1, 0.15) is 79.6 Å². The molecule has 2 N–H and O–H groups in total. The largest absolute Gasteiger partial charge is 0.405 e. The van der Waals surface area contributed by atoms with E-state index in [1.165, 1.54) is 77.3 Å². The van der Waals surface area contributed by atoms with E-state index in [0.717, 1.165) is 24.0 Å². The Kier molecular flexibility index (Phi) is 7.97. The molecule has 2 aromatic heterocycles. The summed E-state index contributed by atoms with van der Waals surface area (Å²) in [5.41, 5.74) is 15.1. The van der Waals surface area contributed by atoms with E-state index in [1.54, 1.807) is 12.3 Å². The zero-order valence-electron chi connectivity index (χ0n) is 23.8. The topological polar surface area (TPSA) is 69.1 Å². The Hall–Kier alpha value is -3.73. The first-order chi connectivity index (χ1) is 19.0. The van der Waals surface area contributed by atoms with Gasteiger partial charge < -0.3 is 10.3 Å². The van der Waals surface area contributed by atoms with Gasteiger partial charge in [-0.05, 0) is 104 Å². The van der Waals surface area contributed by atoms with Crippen LogP contribution in [-0.4, -0.2) is 20.7 Å². The van der Waals surface area contributed by atoms with Crippen LogP contribution in [0.25, 0.3) is 10.9 Å². The van der Waals surface area contributed by atoms with Crippen molar-refractivity contribution in [3.8, 4) is 0 Å². The number of hydrogen-bond donors (Lipinski definition) is 1. The van der Waals surface area contributed by atoms with E-state index >= 15 is 0 Å². The lowest BCUT2D eigenvalue weighted by Gasteiger charge is -2.41. The summed E-state index contributed by atoms with van der Waals surface area (Å²) < 4.78 is 2.22. The van der Waals surface area contributed by atoms with Crippen molar-refractivity contribution in [1.29, 1.82) is 0 Å². The minimum Gasteiger partial charge on any atom is -0.405 e. The van der Waals surface area contributed by atoms with Crippen molar-refractivity contribution >= 4 is 22.8 Å². The Labute approximate surface area is 232 Å². The van der Waals surface area contributed by atoms with Crippen molar-refractivity contribution in [1.82, 2.24) is 14.5 Å². The molecule has 1 saturated carbocycles. The van der Waals surface area contributed by atoms with Crippen LogP contribution in [0, 0.1) is 12.8 Å². The average Bonchev–Trinajstić information content (AvgIpc) is 3.41. The monoisotopic (exact) mass is 519 g/mol. The van der Waals surface area contributed by atoms with E-state index in [-0.39, 0.29) is 5.41 Å². The fraction of sp³-hybridized carbons (Fsp3) is 0.382. The first-order valence-corrected chi connectivity index (χ1v) is 14.3. The minimum atomic E-state index is -0.0919. The van der Waals surface area contributed by atoms with Gasteiger partial charge in [0.1, 0.15) is 0 Å². The van der Waals surface area contributed by atoms with Gasteiger partial charge in [0.05, 0.1) is 17.5 Å². The van der Waals surface area contributed by atoms with Gasteiger partial charge in [-0.25, -0.2) is 4.98 Å². The molecule has 0 bridgehead atoms. The highest BCUT2D eigenvalue weighted by molar-refractivity contribution is 5.85. The van der Waals surface area contributed by atoms with Crippen molar-refractivity contribution < 1.29 is 0 Å². The summed E-state index contributed by atoms with van der Waals surface area (Å²) in [7, 11) is 2.13. The third-order valence-corrected chi connectivity index (χ3v) is 8.90. The Morgan fingerprint density at radius 1 is 1.10 bits per heavy atom. The Balaban J connectivity index is 1.57. The average molecular weight is 520 g/mol. The van der Waals surface area contributed by atoms with E-state index < -0.39 is 0 Å². The molecule has 2 aromatic carbocycles. The van der Waals surface area contributed by atoms with Gasteiger partial charge in [0.2, 0.25) is 0 Å². The standard InChI is InChI=1S/C34H41N5/c1-5-31-29(20-25-12-15-28(16-13-25)37-19-9-18-35)24(2)30-21-27(14-17-32(30)38-31)34(3,26-10-7-6-8-11-26)33-22-36-23-39(33)4/h9,12-19,21-23,26H,5-8,10-11,20,35H2,1-4H3. The molecule has 0 radical (unpaired) electrons. The second kappa shape index (κ2) is 11.6. The van der Waals surface area contributed by atoms with E-state index in [9.17, 15) is 0 Å². The third-order valence-electron chi connectivity index (χ3n) is 8.90. The molecule has 0 spiro atoms. The van der Waals surface area contributed by atoms with Crippen LogP contribution in [0.2, 0.25) is 0 Å². The van der Waals surface area contributed by atoms with Crippen LogP contribution < -0.4 is 5.73 Å². The maximum atomic E-state index is 5.40. The lowest BCUT2D eigenvalue weighted by molar-refractivity contribution is 0.246. The number of aryl methyl sites for hydroxylation is 3. The lowest BCUT2D eigenvalue weighted by Crippen LogP contribution is -2.36. The number of nitrogens with two attached hydrogens (primary N) is 1. The highest BCUT2D eigenvalue weighted by Gasteiger charge is 2.40. The van der Waals surface area contributed by atoms with Crippen LogP contribution in [0.15, 0.2) is 72.3 Å². The molecule has 1 unspecified atom stereocenters. The van der Waals surface area contributed by atoms with Gasteiger partial charge in [0.25, 0.3) is 0 Å². The first-order valence-electron chi connectivity index (χ1n) is 14.3. The predicted octanol–water partition coefficient (Wildman–Crippen LogP) is 7.49. The molecule has 1 aliphatic carbocycles. The Morgan fingerprint density at radius 2 is 1.87 bits per heavy atom. The summed E-state index contributed by atoms with van der Waals surface area (Å²) >= 11 is 0. The van der Waals surface area contributed by atoms with E-state index in [2.05, 4.69) is 91.0 Å². The van der Waals surface area contributed by atoms with Crippen LogP contribution in [0.5, 0.6) is 0 Å². The number of benzene rings is 2. The van der Waals surface area contributed by atoms with Gasteiger partial charge in [-0.3, -0.25) is 9.98 Å². The molecule has 5 heteroatoms. The van der Waals surface area contributed by atoms with Crippen molar-refractivity contribution in [2.24, 2.45) is 23.7 Å². The van der Waals surface area contributed by atoms with Gasteiger partial charge in [0, 0.05) is 41.6 Å². The molecule has 5 rings (SSSR count). The second-order valence-corrected chi connectivity index (χ2v) is 11.2. The van der Waals surface area contributed by atoms with Crippen LogP contribution in [0.3, 0.4) is 0 Å². The number of nitrogens with zero attached hydrogens (tertiary/aromatic N) is 4. The van der Waals surface area contributed by atoms with E-state index in [1.807, 2.05) is 6.33 Å².